The van der Waals surface area contributed by atoms with E-state index in [0.717, 1.165) is 10.9 Å². The van der Waals surface area contributed by atoms with E-state index in [1.165, 1.54) is 12.1 Å². The van der Waals surface area contributed by atoms with Crippen LogP contribution in [-0.4, -0.2) is 44.8 Å². The molecule has 1 aliphatic heterocycles. The molecule has 1 aliphatic rings. The van der Waals surface area contributed by atoms with Crippen LogP contribution in [0.4, 0.5) is 5.69 Å². The Morgan fingerprint density at radius 1 is 1.33 bits per heavy atom. The molecule has 0 saturated carbocycles. The number of rotatable bonds is 4. The average Bonchev–Trinajstić information content (AvgIpc) is 3.22. The third-order valence-electron chi connectivity index (χ3n) is 4.22. The summed E-state index contributed by atoms with van der Waals surface area (Å²) in [4.78, 5) is 31.3. The lowest BCUT2D eigenvalue weighted by Crippen LogP contribution is -2.28. The number of carbonyl (C=O) groups is 2. The van der Waals surface area contributed by atoms with Crippen molar-refractivity contribution in [3.05, 3.63) is 53.9 Å². The number of hydrogen-bond donors (Lipinski definition) is 4. The Bertz CT molecular complexity index is 1090. The van der Waals surface area contributed by atoms with Crippen molar-refractivity contribution >= 4 is 40.2 Å². The molecule has 0 bridgehead atoms. The van der Waals surface area contributed by atoms with Crippen molar-refractivity contribution in [1.29, 1.82) is 0 Å². The number of aromatic amines is 1. The molecule has 0 radical (unpaired) electrons. The Labute approximate surface area is 153 Å². The molecule has 3 heterocycles. The normalized spacial score (nSPS) is 15.6. The number of H-pyrrole nitrogens is 1. The Morgan fingerprint density at radius 3 is 3.00 bits per heavy atom. The first-order valence-corrected chi connectivity index (χ1v) is 8.17. The zero-order valence-electron chi connectivity index (χ0n) is 14.0. The maximum Gasteiger partial charge on any atom is 0.342 e. The summed E-state index contributed by atoms with van der Waals surface area (Å²) in [5.74, 6) is -1.08. The summed E-state index contributed by atoms with van der Waals surface area (Å²) in [6.07, 6.45) is 3.55. The third kappa shape index (κ3) is 3.07. The number of esters is 1. The summed E-state index contributed by atoms with van der Waals surface area (Å²) in [5, 5.41) is 21.8. The number of carbonyl (C=O) groups excluding carboxylic acids is 2. The minimum Gasteiger partial charge on any atom is -0.425 e. The molecule has 1 unspecified atom stereocenters. The van der Waals surface area contributed by atoms with Gasteiger partial charge in [-0.15, -0.1) is 0 Å². The molecule has 4 rings (SSSR count). The molecular weight excluding hydrogens is 350 g/mol. The number of ether oxygens (including phenoxy) is 1. The van der Waals surface area contributed by atoms with Crippen LogP contribution in [-0.2, 0) is 9.59 Å². The van der Waals surface area contributed by atoms with Crippen molar-refractivity contribution in [3.63, 3.8) is 0 Å². The number of aromatic nitrogens is 2. The summed E-state index contributed by atoms with van der Waals surface area (Å²) < 4.78 is 5.05. The van der Waals surface area contributed by atoms with Gasteiger partial charge in [0.05, 0.1) is 6.61 Å². The molecule has 4 N–H and O–H groups in total. The predicted molar refractivity (Wildman–Crippen MR) is 97.8 cm³/mol. The van der Waals surface area contributed by atoms with E-state index in [-0.39, 0.29) is 11.7 Å². The van der Waals surface area contributed by atoms with Crippen molar-refractivity contribution in [2.45, 2.75) is 6.10 Å². The molecule has 27 heavy (non-hydrogen) atoms. The molecular formula is C19H15N3O5. The van der Waals surface area contributed by atoms with E-state index in [1.54, 1.807) is 24.5 Å². The maximum atomic E-state index is 12.4. The zero-order valence-corrected chi connectivity index (χ0v) is 14.0. The van der Waals surface area contributed by atoms with Gasteiger partial charge in [0.2, 0.25) is 0 Å². The Hall–Kier alpha value is -3.49. The highest BCUT2D eigenvalue weighted by Crippen LogP contribution is 2.36. The number of aliphatic hydroxyl groups excluding tert-OH is 2. The molecule has 1 atom stereocenters. The number of nitrogens with zero attached hydrogens (tertiary/aromatic N) is 1. The highest BCUT2D eigenvalue weighted by molar-refractivity contribution is 6.35. The van der Waals surface area contributed by atoms with Gasteiger partial charge in [0.25, 0.3) is 5.91 Å². The van der Waals surface area contributed by atoms with Gasteiger partial charge in [0.1, 0.15) is 11.4 Å². The second-order valence-corrected chi connectivity index (χ2v) is 5.98. The van der Waals surface area contributed by atoms with Gasteiger partial charge in [0.15, 0.2) is 6.10 Å². The van der Waals surface area contributed by atoms with Crippen LogP contribution in [0.2, 0.25) is 0 Å². The first-order valence-electron chi connectivity index (χ1n) is 8.17. The van der Waals surface area contributed by atoms with Gasteiger partial charge in [-0.25, -0.2) is 9.78 Å². The fraction of sp³-hybridized carbons (Fsp3) is 0.105. The largest absolute Gasteiger partial charge is 0.425 e. The molecule has 8 heteroatoms. The van der Waals surface area contributed by atoms with Gasteiger partial charge in [-0.3, -0.25) is 4.79 Å². The molecule has 0 fully saturated rings. The van der Waals surface area contributed by atoms with Crippen LogP contribution in [0.3, 0.4) is 0 Å². The lowest BCUT2D eigenvalue weighted by molar-refractivity contribution is -0.145. The van der Waals surface area contributed by atoms with Gasteiger partial charge in [-0.1, -0.05) is 0 Å². The van der Waals surface area contributed by atoms with Crippen molar-refractivity contribution in [2.75, 3.05) is 11.9 Å². The molecule has 0 saturated heterocycles. The summed E-state index contributed by atoms with van der Waals surface area (Å²) >= 11 is 0. The molecule has 1 aromatic carbocycles. The fourth-order valence-electron chi connectivity index (χ4n) is 2.88. The molecule has 136 valence electrons. The van der Waals surface area contributed by atoms with Crippen LogP contribution < -0.4 is 10.1 Å². The van der Waals surface area contributed by atoms with E-state index in [4.69, 9.17) is 9.84 Å². The summed E-state index contributed by atoms with van der Waals surface area (Å²) in [7, 11) is 0. The lowest BCUT2D eigenvalue weighted by atomic mass is 10.0. The van der Waals surface area contributed by atoms with Gasteiger partial charge >= 0.3 is 5.97 Å². The van der Waals surface area contributed by atoms with Crippen LogP contribution in [0.5, 0.6) is 5.75 Å². The number of pyridine rings is 1. The minimum absolute atomic E-state index is 0.161. The lowest BCUT2D eigenvalue weighted by Gasteiger charge is -2.09. The van der Waals surface area contributed by atoms with Gasteiger partial charge < -0.3 is 25.3 Å². The molecule has 8 nitrogen and oxygen atoms in total. The van der Waals surface area contributed by atoms with E-state index in [0.29, 0.717) is 22.5 Å². The second kappa shape index (κ2) is 6.67. The third-order valence-corrected chi connectivity index (χ3v) is 4.22. The number of amides is 1. The monoisotopic (exact) mass is 365 g/mol. The van der Waals surface area contributed by atoms with E-state index in [1.807, 2.05) is 12.1 Å². The van der Waals surface area contributed by atoms with Crippen molar-refractivity contribution in [1.82, 2.24) is 9.97 Å². The van der Waals surface area contributed by atoms with Gasteiger partial charge in [-0.05, 0) is 36.4 Å². The van der Waals surface area contributed by atoms with Crippen LogP contribution in [0, 0.1) is 0 Å². The van der Waals surface area contributed by atoms with Crippen molar-refractivity contribution in [2.24, 2.45) is 0 Å². The van der Waals surface area contributed by atoms with Crippen LogP contribution >= 0.6 is 0 Å². The van der Waals surface area contributed by atoms with Crippen molar-refractivity contribution in [3.8, 4) is 5.75 Å². The maximum absolute atomic E-state index is 12.4. The Kier molecular flexibility index (Phi) is 4.19. The number of anilines is 1. The number of hydrogen-bond acceptors (Lipinski definition) is 6. The first kappa shape index (κ1) is 17.0. The van der Waals surface area contributed by atoms with E-state index < -0.39 is 18.7 Å². The standard InChI is InChI=1S/C19H15N3O5/c23-9-16(24)19(26)27-11-3-4-15-13(7-11)14(18(25)22-15)6-10-8-21-17-12(10)2-1-5-20-17/h1-8,16,23-24H,9H2,(H,20,21)(H,22,25)/b14-6+. The predicted octanol–water partition coefficient (Wildman–Crippen LogP) is 1.31. The molecule has 0 aliphatic carbocycles. The topological polar surface area (TPSA) is 125 Å². The summed E-state index contributed by atoms with van der Waals surface area (Å²) in [6, 6.07) is 8.35. The fourth-order valence-corrected chi connectivity index (χ4v) is 2.88. The van der Waals surface area contributed by atoms with E-state index in [2.05, 4.69) is 15.3 Å². The SMILES string of the molecule is O=C1Nc2ccc(OC(=O)C(O)CO)cc2/C1=C\c1c[nH]c2ncccc12. The van der Waals surface area contributed by atoms with Crippen molar-refractivity contribution < 1.29 is 24.5 Å². The number of benzene rings is 1. The van der Waals surface area contributed by atoms with E-state index >= 15 is 0 Å². The summed E-state index contributed by atoms with van der Waals surface area (Å²) in [5.41, 5.74) is 3.09. The molecule has 3 aromatic rings. The Morgan fingerprint density at radius 2 is 2.19 bits per heavy atom. The van der Waals surface area contributed by atoms with Crippen LogP contribution in [0.15, 0.2) is 42.7 Å². The average molecular weight is 365 g/mol. The first-order chi connectivity index (χ1) is 13.1. The zero-order chi connectivity index (χ0) is 19.0. The molecule has 0 spiro atoms. The second-order valence-electron chi connectivity index (χ2n) is 5.98. The van der Waals surface area contributed by atoms with Crippen LogP contribution in [0.1, 0.15) is 11.1 Å². The van der Waals surface area contributed by atoms with Gasteiger partial charge in [-0.2, -0.15) is 0 Å². The van der Waals surface area contributed by atoms with Gasteiger partial charge in [0, 0.05) is 40.2 Å². The smallest absolute Gasteiger partial charge is 0.342 e. The minimum atomic E-state index is -1.62. The van der Waals surface area contributed by atoms with E-state index in [9.17, 15) is 14.7 Å². The number of aliphatic hydroxyl groups is 2. The summed E-state index contributed by atoms with van der Waals surface area (Å²) in [6.45, 7) is -0.733. The quantitative estimate of drug-likeness (QED) is 0.314. The van der Waals surface area contributed by atoms with Crippen LogP contribution in [0.25, 0.3) is 22.7 Å². The highest BCUT2D eigenvalue weighted by Gasteiger charge is 2.26. The molecule has 2 aromatic heterocycles. The molecule has 1 amide bonds. The number of nitrogens with one attached hydrogen (secondary N) is 2. The highest BCUT2D eigenvalue weighted by atomic mass is 16.6. The number of fused-ring (bicyclic) bond motifs is 2. The Balaban J connectivity index is 1.72.